The van der Waals surface area contributed by atoms with Crippen LogP contribution in [0.25, 0.3) is 0 Å². The summed E-state index contributed by atoms with van der Waals surface area (Å²) in [5, 5.41) is 0. The molecule has 0 aromatic carbocycles. The number of dihydropyridines is 1. The van der Waals surface area contributed by atoms with Gasteiger partial charge in [-0.1, -0.05) is 13.0 Å². The fourth-order valence-corrected chi connectivity index (χ4v) is 2.37. The second-order valence-corrected chi connectivity index (χ2v) is 4.51. The topological polar surface area (TPSA) is 38.4 Å². The van der Waals surface area contributed by atoms with Crippen molar-refractivity contribution in [3.05, 3.63) is 34.0 Å². The lowest BCUT2D eigenvalue weighted by Gasteiger charge is -2.10. The largest absolute Gasteiger partial charge is 0.309 e. The van der Waals surface area contributed by atoms with Crippen molar-refractivity contribution < 1.29 is 0 Å². The monoisotopic (exact) mass is 206 g/mol. The van der Waals surface area contributed by atoms with Gasteiger partial charge in [0.05, 0.1) is 10.6 Å². The number of aliphatic imine (C=N–C) groups is 1. The van der Waals surface area contributed by atoms with Gasteiger partial charge in [0.1, 0.15) is 6.17 Å². The molecule has 2 heterocycles. The van der Waals surface area contributed by atoms with Crippen LogP contribution in [0.1, 0.15) is 23.1 Å². The molecule has 1 unspecified atom stereocenters. The van der Waals surface area contributed by atoms with Crippen molar-refractivity contribution in [2.75, 3.05) is 0 Å². The zero-order chi connectivity index (χ0) is 9.97. The Balaban J connectivity index is 2.26. The van der Waals surface area contributed by atoms with Crippen LogP contribution in [-0.4, -0.2) is 11.9 Å². The van der Waals surface area contributed by atoms with E-state index in [1.807, 2.05) is 0 Å². The third kappa shape index (κ3) is 1.94. The molecule has 74 valence electrons. The number of rotatable bonds is 2. The molecule has 1 aromatic rings. The second-order valence-electron chi connectivity index (χ2n) is 3.34. The summed E-state index contributed by atoms with van der Waals surface area (Å²) in [7, 11) is 0. The smallest absolute Gasteiger partial charge is 0.101 e. The molecule has 14 heavy (non-hydrogen) atoms. The molecule has 2 N–H and O–H groups in total. The first-order valence-electron chi connectivity index (χ1n) is 4.88. The van der Waals surface area contributed by atoms with Crippen LogP contribution in [-0.2, 0) is 6.42 Å². The molecule has 2 nitrogen and oxygen atoms in total. The van der Waals surface area contributed by atoms with Crippen LogP contribution >= 0.6 is 11.3 Å². The van der Waals surface area contributed by atoms with Gasteiger partial charge in [0.2, 0.25) is 0 Å². The molecule has 0 saturated heterocycles. The number of nitrogens with zero attached hydrogens (tertiary/aromatic N) is 1. The fourth-order valence-electron chi connectivity index (χ4n) is 1.44. The standard InChI is InChI=1S/C11H14N2S/c1-2-8-6-7-10(14-8)9-4-3-5-11(12)13-9/h3-4,6-7,11H,2,5,12H2,1H3. The van der Waals surface area contributed by atoms with Crippen molar-refractivity contribution in [2.24, 2.45) is 10.7 Å². The summed E-state index contributed by atoms with van der Waals surface area (Å²) < 4.78 is 0. The molecule has 1 aliphatic rings. The van der Waals surface area contributed by atoms with Crippen LogP contribution in [0.4, 0.5) is 0 Å². The van der Waals surface area contributed by atoms with Crippen molar-refractivity contribution in [1.82, 2.24) is 0 Å². The van der Waals surface area contributed by atoms with Gasteiger partial charge < -0.3 is 5.73 Å². The van der Waals surface area contributed by atoms with Crippen LogP contribution in [0, 0.1) is 0 Å². The Kier molecular flexibility index (Phi) is 2.79. The predicted molar refractivity (Wildman–Crippen MR) is 62.0 cm³/mol. The number of hydrogen-bond donors (Lipinski definition) is 1. The van der Waals surface area contributed by atoms with Gasteiger partial charge in [-0.25, -0.2) is 0 Å². The third-order valence-corrected chi connectivity index (χ3v) is 3.47. The zero-order valence-corrected chi connectivity index (χ0v) is 9.05. The number of allylic oxidation sites excluding steroid dienone is 1. The third-order valence-electron chi connectivity index (χ3n) is 2.22. The van der Waals surface area contributed by atoms with Crippen molar-refractivity contribution in [2.45, 2.75) is 25.9 Å². The van der Waals surface area contributed by atoms with Crippen molar-refractivity contribution in [3.63, 3.8) is 0 Å². The van der Waals surface area contributed by atoms with Crippen molar-refractivity contribution in [3.8, 4) is 0 Å². The number of thiophene rings is 1. The van der Waals surface area contributed by atoms with E-state index >= 15 is 0 Å². The molecule has 0 saturated carbocycles. The summed E-state index contributed by atoms with van der Waals surface area (Å²) in [6, 6.07) is 4.29. The van der Waals surface area contributed by atoms with Gasteiger partial charge in [-0.2, -0.15) is 0 Å². The van der Waals surface area contributed by atoms with Crippen molar-refractivity contribution >= 4 is 17.0 Å². The Morgan fingerprint density at radius 3 is 3.07 bits per heavy atom. The van der Waals surface area contributed by atoms with Crippen LogP contribution in [0.5, 0.6) is 0 Å². The molecule has 0 amide bonds. The molecule has 0 fully saturated rings. The zero-order valence-electron chi connectivity index (χ0n) is 8.23. The molecule has 1 atom stereocenters. The van der Waals surface area contributed by atoms with E-state index in [-0.39, 0.29) is 6.17 Å². The lowest BCUT2D eigenvalue weighted by Crippen LogP contribution is -2.20. The minimum absolute atomic E-state index is 0.0535. The number of hydrogen-bond acceptors (Lipinski definition) is 3. The van der Waals surface area contributed by atoms with Crippen LogP contribution in [0.3, 0.4) is 0 Å². The van der Waals surface area contributed by atoms with Gasteiger partial charge in [-0.3, -0.25) is 4.99 Å². The highest BCUT2D eigenvalue weighted by Crippen LogP contribution is 2.20. The normalized spacial score (nSPS) is 21.0. The Hall–Kier alpha value is -0.930. The lowest BCUT2D eigenvalue weighted by atomic mass is 10.2. The van der Waals surface area contributed by atoms with Gasteiger partial charge in [0, 0.05) is 11.3 Å². The van der Waals surface area contributed by atoms with Crippen LogP contribution in [0.2, 0.25) is 0 Å². The quantitative estimate of drug-likeness (QED) is 0.792. The number of aryl methyl sites for hydroxylation is 1. The second kappa shape index (κ2) is 4.07. The first-order chi connectivity index (χ1) is 6.79. The summed E-state index contributed by atoms with van der Waals surface area (Å²) in [6.07, 6.45) is 6.05. The molecule has 0 bridgehead atoms. The van der Waals surface area contributed by atoms with E-state index in [0.717, 1.165) is 18.6 Å². The van der Waals surface area contributed by atoms with E-state index in [0.29, 0.717) is 0 Å². The molecule has 3 heteroatoms. The summed E-state index contributed by atoms with van der Waals surface area (Å²) in [4.78, 5) is 7.05. The average Bonchev–Trinajstić information content (AvgIpc) is 2.66. The lowest BCUT2D eigenvalue weighted by molar-refractivity contribution is 0.717. The highest BCUT2D eigenvalue weighted by atomic mass is 32.1. The first kappa shape index (κ1) is 9.62. The molecule has 2 rings (SSSR count). The maximum atomic E-state index is 5.77. The molecule has 0 radical (unpaired) electrons. The van der Waals surface area contributed by atoms with E-state index in [4.69, 9.17) is 5.73 Å². The van der Waals surface area contributed by atoms with Crippen molar-refractivity contribution in [1.29, 1.82) is 0 Å². The minimum atomic E-state index is -0.0535. The highest BCUT2D eigenvalue weighted by molar-refractivity contribution is 7.14. The van der Waals surface area contributed by atoms with Gasteiger partial charge >= 0.3 is 0 Å². The Morgan fingerprint density at radius 1 is 1.57 bits per heavy atom. The highest BCUT2D eigenvalue weighted by Gasteiger charge is 2.09. The van der Waals surface area contributed by atoms with Gasteiger partial charge in [0.15, 0.2) is 0 Å². The maximum absolute atomic E-state index is 5.77. The van der Waals surface area contributed by atoms with Crippen LogP contribution in [0.15, 0.2) is 29.3 Å². The van der Waals surface area contributed by atoms with Crippen LogP contribution < -0.4 is 5.73 Å². The average molecular weight is 206 g/mol. The van der Waals surface area contributed by atoms with E-state index in [2.05, 4.69) is 36.2 Å². The molecule has 0 spiro atoms. The SMILES string of the molecule is CCc1ccc(C2=NC(N)CC=C2)s1. The van der Waals surface area contributed by atoms with Gasteiger partial charge in [0.25, 0.3) is 0 Å². The van der Waals surface area contributed by atoms with Gasteiger partial charge in [-0.15, -0.1) is 11.3 Å². The Labute approximate surface area is 88.2 Å². The minimum Gasteiger partial charge on any atom is -0.309 e. The van der Waals surface area contributed by atoms with E-state index < -0.39 is 0 Å². The molecule has 0 aliphatic carbocycles. The molecular formula is C11H14N2S. The molecule has 1 aliphatic heterocycles. The summed E-state index contributed by atoms with van der Waals surface area (Å²) in [5.41, 5.74) is 6.80. The Bertz CT molecular complexity index is 376. The summed E-state index contributed by atoms with van der Waals surface area (Å²) >= 11 is 1.80. The maximum Gasteiger partial charge on any atom is 0.101 e. The molecular weight excluding hydrogens is 192 g/mol. The number of nitrogens with two attached hydrogens (primary N) is 1. The van der Waals surface area contributed by atoms with E-state index in [1.165, 1.54) is 9.75 Å². The summed E-state index contributed by atoms with van der Waals surface area (Å²) in [5.74, 6) is 0. The van der Waals surface area contributed by atoms with E-state index in [1.54, 1.807) is 11.3 Å². The summed E-state index contributed by atoms with van der Waals surface area (Å²) in [6.45, 7) is 2.17. The Morgan fingerprint density at radius 2 is 2.43 bits per heavy atom. The first-order valence-corrected chi connectivity index (χ1v) is 5.70. The predicted octanol–water partition coefficient (Wildman–Crippen LogP) is 2.34. The fraction of sp³-hybridized carbons (Fsp3) is 0.364. The van der Waals surface area contributed by atoms with E-state index in [9.17, 15) is 0 Å². The molecule has 1 aromatic heterocycles. The van der Waals surface area contributed by atoms with Gasteiger partial charge in [-0.05, 0) is 24.6 Å².